The fourth-order valence-electron chi connectivity index (χ4n) is 4.08. The van der Waals surface area contributed by atoms with E-state index >= 15 is 0 Å². The van der Waals surface area contributed by atoms with Crippen LogP contribution >= 0.6 is 11.8 Å². The van der Waals surface area contributed by atoms with Crippen molar-refractivity contribution in [2.75, 3.05) is 11.5 Å². The van der Waals surface area contributed by atoms with Gasteiger partial charge in [0.2, 0.25) is 0 Å². The van der Waals surface area contributed by atoms with Gasteiger partial charge in [-0.25, -0.2) is 0 Å². The summed E-state index contributed by atoms with van der Waals surface area (Å²) in [6, 6.07) is 0. The van der Waals surface area contributed by atoms with Gasteiger partial charge in [0.1, 0.15) is 0 Å². The summed E-state index contributed by atoms with van der Waals surface area (Å²) in [5.74, 6) is 3.51. The highest BCUT2D eigenvalue weighted by atomic mass is 32.2. The van der Waals surface area contributed by atoms with Crippen LogP contribution in [0.5, 0.6) is 0 Å². The van der Waals surface area contributed by atoms with E-state index in [0.29, 0.717) is 11.3 Å². The lowest BCUT2D eigenvalue weighted by Gasteiger charge is -2.49. The van der Waals surface area contributed by atoms with Crippen molar-refractivity contribution < 1.29 is 5.11 Å². The molecular weight excluding hydrogens is 228 g/mol. The van der Waals surface area contributed by atoms with E-state index in [4.69, 9.17) is 0 Å². The van der Waals surface area contributed by atoms with E-state index in [2.05, 4.69) is 20.8 Å². The third kappa shape index (κ3) is 3.01. The van der Waals surface area contributed by atoms with Crippen LogP contribution in [0.1, 0.15) is 59.3 Å². The molecule has 1 saturated carbocycles. The first-order chi connectivity index (χ1) is 7.97. The van der Waals surface area contributed by atoms with E-state index in [-0.39, 0.29) is 5.60 Å². The molecule has 1 heterocycles. The van der Waals surface area contributed by atoms with E-state index in [9.17, 15) is 5.11 Å². The second-order valence-electron chi connectivity index (χ2n) is 7.00. The molecule has 0 aromatic heterocycles. The number of thioether (sulfide) groups is 1. The average molecular weight is 256 g/mol. The van der Waals surface area contributed by atoms with Crippen LogP contribution in [0.15, 0.2) is 0 Å². The van der Waals surface area contributed by atoms with E-state index in [1.807, 2.05) is 11.8 Å². The number of hydrogen-bond acceptors (Lipinski definition) is 2. The van der Waals surface area contributed by atoms with Gasteiger partial charge in [-0.05, 0) is 35.8 Å². The summed E-state index contributed by atoms with van der Waals surface area (Å²) in [5, 5.41) is 11.1. The Bertz CT molecular complexity index is 264. The van der Waals surface area contributed by atoms with Crippen molar-refractivity contribution in [3.63, 3.8) is 0 Å². The summed E-state index contributed by atoms with van der Waals surface area (Å²) >= 11 is 1.96. The van der Waals surface area contributed by atoms with E-state index in [0.717, 1.165) is 18.1 Å². The van der Waals surface area contributed by atoms with Gasteiger partial charge in [0.15, 0.2) is 0 Å². The second kappa shape index (κ2) is 5.13. The molecule has 0 radical (unpaired) electrons. The number of aliphatic hydroxyl groups is 1. The third-order valence-electron chi connectivity index (χ3n) is 4.75. The summed E-state index contributed by atoms with van der Waals surface area (Å²) < 4.78 is 0. The molecule has 0 amide bonds. The molecule has 2 heteroatoms. The minimum atomic E-state index is -0.381. The molecule has 2 fully saturated rings. The first-order valence-electron chi connectivity index (χ1n) is 7.27. The van der Waals surface area contributed by atoms with Crippen molar-refractivity contribution in [1.82, 2.24) is 0 Å². The van der Waals surface area contributed by atoms with Crippen LogP contribution in [0.3, 0.4) is 0 Å². The minimum absolute atomic E-state index is 0.313. The van der Waals surface area contributed by atoms with E-state index in [1.54, 1.807) is 0 Å². The molecular formula is C15H28OS. The summed E-state index contributed by atoms with van der Waals surface area (Å²) in [5.41, 5.74) is -0.0685. The predicted molar refractivity (Wildman–Crippen MR) is 76.4 cm³/mol. The van der Waals surface area contributed by atoms with Gasteiger partial charge >= 0.3 is 0 Å². The van der Waals surface area contributed by atoms with E-state index in [1.165, 1.54) is 37.9 Å². The SMILES string of the molecule is CCC1CCCCC1C1(O)CSCC(C)(C)C1. The van der Waals surface area contributed by atoms with Crippen LogP contribution in [-0.4, -0.2) is 22.2 Å². The molecule has 0 aromatic carbocycles. The van der Waals surface area contributed by atoms with Crippen LogP contribution < -0.4 is 0 Å². The Hall–Kier alpha value is 0.310. The van der Waals surface area contributed by atoms with Crippen molar-refractivity contribution in [1.29, 1.82) is 0 Å². The Labute approximate surface area is 111 Å². The molecule has 3 atom stereocenters. The van der Waals surface area contributed by atoms with Gasteiger partial charge in [0.25, 0.3) is 0 Å². The molecule has 2 aliphatic rings. The number of rotatable bonds is 2. The standard InChI is InChI=1S/C15H28OS/c1-4-12-7-5-6-8-13(12)15(16)9-14(2,3)10-17-11-15/h12-13,16H,4-11H2,1-3H3. The van der Waals surface area contributed by atoms with Crippen molar-refractivity contribution in [3.05, 3.63) is 0 Å². The lowest BCUT2D eigenvalue weighted by atomic mass is 9.65. The molecule has 0 bridgehead atoms. The molecule has 0 spiro atoms. The van der Waals surface area contributed by atoms with Gasteiger partial charge < -0.3 is 5.11 Å². The Morgan fingerprint density at radius 1 is 1.18 bits per heavy atom. The van der Waals surface area contributed by atoms with Gasteiger partial charge in [-0.2, -0.15) is 11.8 Å². The maximum absolute atomic E-state index is 11.1. The van der Waals surface area contributed by atoms with Gasteiger partial charge in [-0.1, -0.05) is 46.5 Å². The second-order valence-corrected chi connectivity index (χ2v) is 7.98. The highest BCUT2D eigenvalue weighted by Crippen LogP contribution is 2.48. The molecule has 0 aromatic rings. The van der Waals surface area contributed by atoms with Gasteiger partial charge in [0.05, 0.1) is 5.60 Å². The van der Waals surface area contributed by atoms with Crippen molar-refractivity contribution in [2.45, 2.75) is 64.9 Å². The Morgan fingerprint density at radius 2 is 1.88 bits per heavy atom. The normalized spacial score (nSPS) is 42.4. The maximum Gasteiger partial charge on any atom is 0.0773 e. The molecule has 1 N–H and O–H groups in total. The molecule has 2 rings (SSSR count). The van der Waals surface area contributed by atoms with Crippen LogP contribution in [-0.2, 0) is 0 Å². The quantitative estimate of drug-likeness (QED) is 0.803. The first-order valence-corrected chi connectivity index (χ1v) is 8.42. The highest BCUT2D eigenvalue weighted by Gasteiger charge is 2.47. The molecule has 1 nitrogen and oxygen atoms in total. The Kier molecular flexibility index (Phi) is 4.14. The van der Waals surface area contributed by atoms with Gasteiger partial charge in [-0.3, -0.25) is 0 Å². The van der Waals surface area contributed by atoms with Crippen molar-refractivity contribution in [3.8, 4) is 0 Å². The van der Waals surface area contributed by atoms with Gasteiger partial charge in [-0.15, -0.1) is 0 Å². The zero-order chi connectivity index (χ0) is 12.5. The number of hydrogen-bond donors (Lipinski definition) is 1. The topological polar surface area (TPSA) is 20.2 Å². The molecule has 1 aliphatic carbocycles. The summed E-state index contributed by atoms with van der Waals surface area (Å²) in [4.78, 5) is 0. The third-order valence-corrected chi connectivity index (χ3v) is 6.44. The zero-order valence-corrected chi connectivity index (χ0v) is 12.5. The summed E-state index contributed by atoms with van der Waals surface area (Å²) in [6.45, 7) is 6.93. The largest absolute Gasteiger partial charge is 0.389 e. The van der Waals surface area contributed by atoms with Gasteiger partial charge in [0, 0.05) is 5.75 Å². The first kappa shape index (κ1) is 13.7. The zero-order valence-electron chi connectivity index (χ0n) is 11.7. The van der Waals surface area contributed by atoms with Crippen LogP contribution in [0.25, 0.3) is 0 Å². The lowest BCUT2D eigenvalue weighted by molar-refractivity contribution is -0.0679. The fraction of sp³-hybridized carbons (Fsp3) is 1.00. The Morgan fingerprint density at radius 3 is 2.53 bits per heavy atom. The molecule has 1 saturated heterocycles. The molecule has 100 valence electrons. The summed E-state index contributed by atoms with van der Waals surface area (Å²) in [7, 11) is 0. The lowest BCUT2D eigenvalue weighted by Crippen LogP contribution is -2.51. The van der Waals surface area contributed by atoms with Crippen molar-refractivity contribution in [2.24, 2.45) is 17.3 Å². The van der Waals surface area contributed by atoms with Crippen LogP contribution in [0, 0.1) is 17.3 Å². The fourth-order valence-corrected chi connectivity index (χ4v) is 5.50. The minimum Gasteiger partial charge on any atom is -0.389 e. The van der Waals surface area contributed by atoms with Crippen molar-refractivity contribution >= 4 is 11.8 Å². The highest BCUT2D eigenvalue weighted by molar-refractivity contribution is 7.99. The Balaban J connectivity index is 2.12. The van der Waals surface area contributed by atoms with E-state index < -0.39 is 0 Å². The smallest absolute Gasteiger partial charge is 0.0773 e. The van der Waals surface area contributed by atoms with Crippen LogP contribution in [0.2, 0.25) is 0 Å². The monoisotopic (exact) mass is 256 g/mol. The summed E-state index contributed by atoms with van der Waals surface area (Å²) in [6.07, 6.45) is 7.56. The van der Waals surface area contributed by atoms with Crippen LogP contribution in [0.4, 0.5) is 0 Å². The molecule has 3 unspecified atom stereocenters. The predicted octanol–water partition coefficient (Wildman–Crippen LogP) is 4.10. The maximum atomic E-state index is 11.1. The molecule has 17 heavy (non-hydrogen) atoms. The molecule has 1 aliphatic heterocycles. The average Bonchev–Trinajstić information content (AvgIpc) is 2.27.